The van der Waals surface area contributed by atoms with Gasteiger partial charge in [0.1, 0.15) is 17.1 Å². The van der Waals surface area contributed by atoms with E-state index in [1.165, 1.54) is 24.4 Å². The molecule has 0 saturated carbocycles. The van der Waals surface area contributed by atoms with Crippen LogP contribution < -0.4 is 10.0 Å². The van der Waals surface area contributed by atoms with Gasteiger partial charge in [-0.25, -0.2) is 18.2 Å². The number of carboxylic acids is 1. The Labute approximate surface area is 216 Å². The summed E-state index contributed by atoms with van der Waals surface area (Å²) in [6.45, 7) is 1.86. The number of phenols is 1. The molecule has 0 saturated heterocycles. The first-order chi connectivity index (χ1) is 18.0. The van der Waals surface area contributed by atoms with E-state index in [-0.39, 0.29) is 39.7 Å². The van der Waals surface area contributed by atoms with E-state index in [1.54, 1.807) is 6.07 Å². The third-order valence-corrected chi connectivity index (χ3v) is 6.94. The van der Waals surface area contributed by atoms with Gasteiger partial charge in [-0.15, -0.1) is 0 Å². The lowest BCUT2D eigenvalue weighted by Crippen LogP contribution is -2.15. The fourth-order valence-electron chi connectivity index (χ4n) is 3.56. The van der Waals surface area contributed by atoms with Crippen molar-refractivity contribution in [2.24, 2.45) is 0 Å². The zero-order chi connectivity index (χ0) is 27.4. The molecule has 0 amide bonds. The van der Waals surface area contributed by atoms with Crippen LogP contribution in [0.3, 0.4) is 0 Å². The number of hydrogen-bond donors (Lipinski definition) is 4. The van der Waals surface area contributed by atoms with Gasteiger partial charge in [0.2, 0.25) is 5.95 Å². The molecular formula is C25H21N5O7S. The van der Waals surface area contributed by atoms with Crippen LogP contribution in [-0.2, 0) is 10.0 Å². The summed E-state index contributed by atoms with van der Waals surface area (Å²) in [5.74, 6) is -1.36. The minimum absolute atomic E-state index is 0.00742. The molecule has 1 aromatic heterocycles. The number of carboxylic acid groups (broad SMARTS) is 1. The molecule has 0 fully saturated rings. The van der Waals surface area contributed by atoms with Crippen LogP contribution >= 0.6 is 0 Å². The first kappa shape index (κ1) is 26.0. The molecule has 4 N–H and O–H groups in total. The Bertz CT molecular complexity index is 1610. The van der Waals surface area contributed by atoms with Crippen molar-refractivity contribution >= 4 is 33.4 Å². The predicted molar refractivity (Wildman–Crippen MR) is 138 cm³/mol. The standard InChI is InChI=1S/C25H21N5O7S/c1-15(16-2-4-17(5-3-16)18-6-11-21(24(32)33)22(31)14-18)27-25-26-13-12-23(28-25)29-38(36,37)20-9-7-19(8-10-20)30(34)35/h2-15,31H,1H3,(H,32,33)(H2,26,27,28,29)/t15-/m0/s1. The highest BCUT2D eigenvalue weighted by Crippen LogP contribution is 2.28. The lowest BCUT2D eigenvalue weighted by atomic mass is 10.00. The normalized spacial score (nSPS) is 11.9. The quantitative estimate of drug-likeness (QED) is 0.176. The molecule has 0 aliphatic carbocycles. The van der Waals surface area contributed by atoms with E-state index in [4.69, 9.17) is 5.11 Å². The molecule has 3 aromatic carbocycles. The Kier molecular flexibility index (Phi) is 7.21. The summed E-state index contributed by atoms with van der Waals surface area (Å²) >= 11 is 0. The van der Waals surface area contributed by atoms with Crippen molar-refractivity contribution in [2.45, 2.75) is 17.9 Å². The second kappa shape index (κ2) is 10.5. The molecule has 0 spiro atoms. The molecule has 0 bridgehead atoms. The molecule has 4 aromatic rings. The van der Waals surface area contributed by atoms with Crippen molar-refractivity contribution in [1.29, 1.82) is 0 Å². The number of carbonyl (C=O) groups is 1. The Morgan fingerprint density at radius 3 is 2.26 bits per heavy atom. The van der Waals surface area contributed by atoms with Crippen molar-refractivity contribution in [3.8, 4) is 16.9 Å². The number of nitrogens with zero attached hydrogens (tertiary/aromatic N) is 3. The average molecular weight is 536 g/mol. The van der Waals surface area contributed by atoms with E-state index < -0.39 is 20.9 Å². The number of nitro groups is 1. The van der Waals surface area contributed by atoms with Gasteiger partial charge in [-0.3, -0.25) is 14.8 Å². The number of hydrogen-bond acceptors (Lipinski definition) is 9. The van der Waals surface area contributed by atoms with E-state index in [1.807, 2.05) is 31.2 Å². The number of nitro benzene ring substituents is 1. The monoisotopic (exact) mass is 535 g/mol. The molecular weight excluding hydrogens is 514 g/mol. The highest BCUT2D eigenvalue weighted by atomic mass is 32.2. The molecule has 12 nitrogen and oxygen atoms in total. The number of aromatic carboxylic acids is 1. The fraction of sp³-hybridized carbons (Fsp3) is 0.0800. The van der Waals surface area contributed by atoms with E-state index >= 15 is 0 Å². The van der Waals surface area contributed by atoms with Gasteiger partial charge in [0.25, 0.3) is 15.7 Å². The van der Waals surface area contributed by atoms with Crippen LogP contribution in [0.2, 0.25) is 0 Å². The molecule has 0 radical (unpaired) electrons. The van der Waals surface area contributed by atoms with Crippen molar-refractivity contribution < 1.29 is 28.3 Å². The van der Waals surface area contributed by atoms with Gasteiger partial charge in [-0.1, -0.05) is 30.3 Å². The number of non-ortho nitro benzene ring substituents is 1. The van der Waals surface area contributed by atoms with Gasteiger partial charge in [0, 0.05) is 18.3 Å². The molecule has 194 valence electrons. The Morgan fingerprint density at radius 1 is 1.00 bits per heavy atom. The lowest BCUT2D eigenvalue weighted by Gasteiger charge is -2.16. The van der Waals surface area contributed by atoms with Gasteiger partial charge >= 0.3 is 5.97 Å². The van der Waals surface area contributed by atoms with Crippen molar-refractivity contribution in [2.75, 3.05) is 10.0 Å². The number of aromatic hydroxyl groups is 1. The van der Waals surface area contributed by atoms with Crippen molar-refractivity contribution in [1.82, 2.24) is 9.97 Å². The van der Waals surface area contributed by atoms with E-state index in [9.17, 15) is 28.4 Å². The molecule has 13 heteroatoms. The third-order valence-electron chi connectivity index (χ3n) is 5.57. The van der Waals surface area contributed by atoms with Crippen LogP contribution in [0.1, 0.15) is 28.9 Å². The van der Waals surface area contributed by atoms with E-state index in [2.05, 4.69) is 20.0 Å². The molecule has 1 heterocycles. The highest BCUT2D eigenvalue weighted by Gasteiger charge is 2.18. The Balaban J connectivity index is 1.45. The van der Waals surface area contributed by atoms with E-state index in [0.717, 1.165) is 35.4 Å². The zero-order valence-electron chi connectivity index (χ0n) is 19.8. The van der Waals surface area contributed by atoms with Crippen LogP contribution in [0, 0.1) is 10.1 Å². The maximum absolute atomic E-state index is 12.7. The number of anilines is 2. The second-order valence-electron chi connectivity index (χ2n) is 8.15. The Morgan fingerprint density at radius 2 is 1.66 bits per heavy atom. The van der Waals surface area contributed by atoms with Crippen LogP contribution in [0.15, 0.2) is 83.9 Å². The summed E-state index contributed by atoms with van der Waals surface area (Å²) in [5, 5.41) is 32.9. The predicted octanol–water partition coefficient (Wildman–Crippen LogP) is 4.43. The summed E-state index contributed by atoms with van der Waals surface area (Å²) in [6.07, 6.45) is 1.38. The molecule has 1 atom stereocenters. The molecule has 0 aliphatic rings. The van der Waals surface area contributed by atoms with Crippen LogP contribution in [0.4, 0.5) is 17.5 Å². The number of rotatable bonds is 9. The van der Waals surface area contributed by atoms with Gasteiger partial charge in [-0.05, 0) is 53.9 Å². The topological polar surface area (TPSA) is 185 Å². The summed E-state index contributed by atoms with van der Waals surface area (Å²) in [7, 11) is -4.04. The number of sulfonamides is 1. The van der Waals surface area contributed by atoms with Crippen molar-refractivity contribution in [3.63, 3.8) is 0 Å². The Hall–Kier alpha value is -5.04. The van der Waals surface area contributed by atoms with Gasteiger partial charge in [0.05, 0.1) is 15.9 Å². The van der Waals surface area contributed by atoms with Crippen LogP contribution in [0.25, 0.3) is 11.1 Å². The zero-order valence-corrected chi connectivity index (χ0v) is 20.6. The van der Waals surface area contributed by atoms with Gasteiger partial charge in [-0.2, -0.15) is 4.98 Å². The molecule has 0 unspecified atom stereocenters. The number of nitrogens with one attached hydrogen (secondary N) is 2. The summed E-state index contributed by atoms with van der Waals surface area (Å²) in [4.78, 5) is 29.4. The van der Waals surface area contributed by atoms with E-state index in [0.29, 0.717) is 5.56 Å². The maximum Gasteiger partial charge on any atom is 0.339 e. The summed E-state index contributed by atoms with van der Waals surface area (Å²) in [6, 6.07) is 17.2. The lowest BCUT2D eigenvalue weighted by molar-refractivity contribution is -0.384. The van der Waals surface area contributed by atoms with Crippen LogP contribution in [0.5, 0.6) is 5.75 Å². The summed E-state index contributed by atoms with van der Waals surface area (Å²) in [5.41, 5.74) is 1.87. The smallest absolute Gasteiger partial charge is 0.339 e. The SMILES string of the molecule is C[C@H](Nc1nccc(NS(=O)(=O)c2ccc([N+](=O)[O-])cc2)n1)c1ccc(-c2ccc(C(=O)O)c(O)c2)cc1. The van der Waals surface area contributed by atoms with Gasteiger partial charge < -0.3 is 15.5 Å². The minimum atomic E-state index is -4.04. The number of benzene rings is 3. The summed E-state index contributed by atoms with van der Waals surface area (Å²) < 4.78 is 27.6. The van der Waals surface area contributed by atoms with Crippen LogP contribution in [-0.4, -0.2) is 39.5 Å². The first-order valence-corrected chi connectivity index (χ1v) is 12.6. The average Bonchev–Trinajstić information content (AvgIpc) is 2.88. The fourth-order valence-corrected chi connectivity index (χ4v) is 4.56. The minimum Gasteiger partial charge on any atom is -0.507 e. The second-order valence-corrected chi connectivity index (χ2v) is 9.83. The van der Waals surface area contributed by atoms with Gasteiger partial charge in [0.15, 0.2) is 0 Å². The maximum atomic E-state index is 12.7. The largest absolute Gasteiger partial charge is 0.507 e. The molecule has 38 heavy (non-hydrogen) atoms. The number of aromatic nitrogens is 2. The molecule has 4 rings (SSSR count). The third kappa shape index (κ3) is 5.84. The molecule has 0 aliphatic heterocycles. The first-order valence-electron chi connectivity index (χ1n) is 11.1. The highest BCUT2D eigenvalue weighted by molar-refractivity contribution is 7.92. The van der Waals surface area contributed by atoms with Crippen molar-refractivity contribution in [3.05, 3.63) is 100 Å².